The Morgan fingerprint density at radius 2 is 0.683 bits per heavy atom. The van der Waals surface area contributed by atoms with Gasteiger partial charge in [0.1, 0.15) is 5.82 Å². The maximum atomic E-state index is 13.0. The Morgan fingerprint density at radius 1 is 0.381 bits per heavy atom. The third kappa shape index (κ3) is 13.8. The smallest absolute Gasteiger partial charge is 0.207 e. The lowest BCUT2D eigenvalue weighted by molar-refractivity contribution is -0.137. The van der Waals surface area contributed by atoms with Crippen LogP contribution in [-0.2, 0) is 6.18 Å². The lowest BCUT2D eigenvalue weighted by atomic mass is 9.71. The van der Waals surface area contributed by atoms with Crippen LogP contribution >= 0.6 is 0 Å². The Labute approximate surface area is 379 Å². The van der Waals surface area contributed by atoms with Gasteiger partial charge in [-0.05, 0) is 214 Å². The van der Waals surface area contributed by atoms with E-state index in [0.29, 0.717) is 0 Å². The van der Waals surface area contributed by atoms with Crippen LogP contribution in [0.3, 0.4) is 0 Å². The summed E-state index contributed by atoms with van der Waals surface area (Å²) in [6, 6.07) is 21.7. The molecule has 0 N–H and O–H groups in total. The molecule has 3 atom stereocenters. The van der Waals surface area contributed by atoms with Gasteiger partial charge in [0.2, 0.25) is 0 Å². The fraction of sp³-hybridized carbons (Fsp3) is 0.593. The fourth-order valence-electron chi connectivity index (χ4n) is 12.2. The number of allylic oxidation sites excluding steroid dienone is 6. The lowest BCUT2D eigenvalue weighted by Crippen LogP contribution is -2.22. The standard InChI is InChI=1S/C20H25F3.C20H28.C19H25F/c1-14-2-4-15(5-3-14)16-6-8-17(9-7-16)18-10-12-19(13-11-18)20(21,22)23;1-15-3-7-17(8-4-15)19-11-13-20(14-12-19)18-9-5-16(2)6-10-18;1-14-2-4-15(5-3-14)16-6-8-17(9-7-16)18-10-12-19(20)13-11-18/h8,10-16H,2-7,9H2,1H3;3-4,7-8,11,16,18,20H,5-6,9-10,12-14H2,1-2H3;8,10-16H,2-7,9H2,1H3. The highest BCUT2D eigenvalue weighted by atomic mass is 19.4. The number of hydrogen-bond donors (Lipinski definition) is 0. The summed E-state index contributed by atoms with van der Waals surface area (Å²) in [6.45, 7) is 9.33. The number of benzene rings is 3. The molecule has 63 heavy (non-hydrogen) atoms. The second-order valence-electron chi connectivity index (χ2n) is 21.3. The van der Waals surface area contributed by atoms with Crippen LogP contribution < -0.4 is 0 Å². The van der Waals surface area contributed by atoms with Crippen LogP contribution in [0.4, 0.5) is 17.6 Å². The van der Waals surface area contributed by atoms with Gasteiger partial charge < -0.3 is 0 Å². The molecule has 4 heteroatoms. The summed E-state index contributed by atoms with van der Waals surface area (Å²) in [5.74, 6) is 8.14. The Bertz CT molecular complexity index is 1830. The zero-order chi connectivity index (χ0) is 44.3. The predicted octanol–water partition coefficient (Wildman–Crippen LogP) is 18.6. The molecule has 0 radical (unpaired) electrons. The van der Waals surface area contributed by atoms with Gasteiger partial charge in [0.15, 0.2) is 0 Å². The highest BCUT2D eigenvalue weighted by Gasteiger charge is 2.32. The van der Waals surface area contributed by atoms with E-state index in [9.17, 15) is 17.6 Å². The molecule has 9 rings (SSSR count). The molecule has 342 valence electrons. The summed E-state index contributed by atoms with van der Waals surface area (Å²) in [6.07, 6.45) is 31.1. The zero-order valence-electron chi connectivity index (χ0n) is 39.2. The monoisotopic (exact) mass is 863 g/mol. The van der Waals surface area contributed by atoms with Crippen molar-refractivity contribution in [1.82, 2.24) is 0 Å². The summed E-state index contributed by atoms with van der Waals surface area (Å²) in [5.41, 5.74) is 8.64. The highest BCUT2D eigenvalue weighted by Crippen LogP contribution is 2.44. The average molecular weight is 863 g/mol. The van der Waals surface area contributed by atoms with E-state index >= 15 is 0 Å². The second kappa shape index (κ2) is 22.7. The predicted molar refractivity (Wildman–Crippen MR) is 258 cm³/mol. The van der Waals surface area contributed by atoms with Crippen LogP contribution in [0.1, 0.15) is 183 Å². The summed E-state index contributed by atoms with van der Waals surface area (Å²) < 4.78 is 50.9. The third-order valence-electron chi connectivity index (χ3n) is 16.8. The molecule has 0 saturated heterocycles. The molecule has 0 aromatic heterocycles. The van der Waals surface area contributed by atoms with Crippen molar-refractivity contribution >= 4 is 16.7 Å². The van der Waals surface area contributed by atoms with Gasteiger partial charge in [-0.25, -0.2) is 4.39 Å². The summed E-state index contributed by atoms with van der Waals surface area (Å²) >= 11 is 0. The van der Waals surface area contributed by atoms with E-state index in [-0.39, 0.29) is 5.82 Å². The molecule has 0 bridgehead atoms. The van der Waals surface area contributed by atoms with Gasteiger partial charge in [-0.1, -0.05) is 132 Å². The summed E-state index contributed by atoms with van der Waals surface area (Å²) in [5, 5.41) is 0. The van der Waals surface area contributed by atoms with Gasteiger partial charge in [0, 0.05) is 0 Å². The van der Waals surface area contributed by atoms with Crippen LogP contribution in [0.2, 0.25) is 0 Å². The van der Waals surface area contributed by atoms with Gasteiger partial charge >= 0.3 is 6.18 Å². The van der Waals surface area contributed by atoms with Crippen LogP contribution in [0, 0.1) is 66.0 Å². The van der Waals surface area contributed by atoms with E-state index < -0.39 is 11.7 Å². The van der Waals surface area contributed by atoms with Crippen molar-refractivity contribution in [2.75, 3.05) is 0 Å². The molecule has 3 aromatic carbocycles. The van der Waals surface area contributed by atoms with Gasteiger partial charge in [-0.3, -0.25) is 0 Å². The maximum Gasteiger partial charge on any atom is 0.416 e. The minimum absolute atomic E-state index is 0.139. The molecule has 3 fully saturated rings. The first-order chi connectivity index (χ1) is 30.4. The van der Waals surface area contributed by atoms with Crippen LogP contribution in [-0.4, -0.2) is 0 Å². The van der Waals surface area contributed by atoms with E-state index in [1.165, 1.54) is 162 Å². The lowest BCUT2D eigenvalue weighted by Gasteiger charge is -2.34. The molecule has 0 nitrogen and oxygen atoms in total. The minimum Gasteiger partial charge on any atom is -0.207 e. The van der Waals surface area contributed by atoms with Crippen LogP contribution in [0.15, 0.2) is 91.0 Å². The quantitative estimate of drug-likeness (QED) is 0.217. The molecule has 6 aliphatic carbocycles. The fourth-order valence-corrected chi connectivity index (χ4v) is 12.2. The SMILES string of the molecule is CC1CCC(C2CC=C(c3ccc(C(F)(F)F)cc3)CC2)CC1.CC1CCC(C2CC=C(c3ccc(F)cc3)CC2)CC1.Cc1ccc(C2=CCC(C3CCC(C)CC3)CC2)cc1. The van der Waals surface area contributed by atoms with E-state index in [1.54, 1.807) is 29.8 Å². The second-order valence-corrected chi connectivity index (χ2v) is 21.3. The van der Waals surface area contributed by atoms with E-state index in [1.807, 2.05) is 12.1 Å². The first-order valence-corrected chi connectivity index (χ1v) is 25.5. The Morgan fingerprint density at radius 3 is 0.968 bits per heavy atom. The van der Waals surface area contributed by atoms with Gasteiger partial charge in [-0.2, -0.15) is 13.2 Å². The van der Waals surface area contributed by atoms with E-state index in [4.69, 9.17) is 0 Å². The largest absolute Gasteiger partial charge is 0.416 e. The van der Waals surface area contributed by atoms with Crippen LogP contribution in [0.5, 0.6) is 0 Å². The number of halogens is 4. The van der Waals surface area contributed by atoms with Gasteiger partial charge in [0.25, 0.3) is 0 Å². The van der Waals surface area contributed by atoms with Crippen molar-refractivity contribution in [1.29, 1.82) is 0 Å². The van der Waals surface area contributed by atoms with Crippen molar-refractivity contribution in [2.45, 2.75) is 169 Å². The van der Waals surface area contributed by atoms with E-state index in [0.717, 1.165) is 71.7 Å². The Balaban J connectivity index is 0.000000142. The average Bonchev–Trinajstić information content (AvgIpc) is 3.31. The van der Waals surface area contributed by atoms with Crippen molar-refractivity contribution in [3.8, 4) is 0 Å². The number of rotatable bonds is 6. The minimum atomic E-state index is -4.25. The van der Waals surface area contributed by atoms with Crippen molar-refractivity contribution < 1.29 is 17.6 Å². The first kappa shape index (κ1) is 47.6. The van der Waals surface area contributed by atoms with Crippen molar-refractivity contribution in [3.63, 3.8) is 0 Å². The third-order valence-corrected chi connectivity index (χ3v) is 16.8. The normalized spacial score (nSPS) is 30.3. The first-order valence-electron chi connectivity index (χ1n) is 25.5. The van der Waals surface area contributed by atoms with Crippen molar-refractivity contribution in [2.24, 2.45) is 53.3 Å². The van der Waals surface area contributed by atoms with E-state index in [2.05, 4.69) is 70.2 Å². The molecule has 3 aromatic rings. The molecular weight excluding hydrogens is 785 g/mol. The molecule has 0 heterocycles. The summed E-state index contributed by atoms with van der Waals surface area (Å²) in [7, 11) is 0. The molecule has 0 aliphatic heterocycles. The Kier molecular flexibility index (Phi) is 17.1. The van der Waals surface area contributed by atoms with Crippen LogP contribution in [0.25, 0.3) is 16.7 Å². The molecular formula is C59H78F4. The van der Waals surface area contributed by atoms with Crippen molar-refractivity contribution in [3.05, 3.63) is 125 Å². The van der Waals surface area contributed by atoms with Gasteiger partial charge in [-0.15, -0.1) is 0 Å². The highest BCUT2D eigenvalue weighted by molar-refractivity contribution is 5.68. The summed E-state index contributed by atoms with van der Waals surface area (Å²) in [4.78, 5) is 0. The molecule has 3 unspecified atom stereocenters. The molecule has 0 spiro atoms. The number of aryl methyl sites for hydroxylation is 1. The number of alkyl halides is 3. The molecule has 6 aliphatic rings. The number of hydrogen-bond acceptors (Lipinski definition) is 0. The topological polar surface area (TPSA) is 0 Å². The Hall–Kier alpha value is -3.40. The zero-order valence-corrected chi connectivity index (χ0v) is 39.2. The maximum absolute atomic E-state index is 13.0. The molecule has 0 amide bonds. The molecule has 3 saturated carbocycles. The van der Waals surface area contributed by atoms with Gasteiger partial charge in [0.05, 0.1) is 5.56 Å².